The molecule has 0 aromatic heterocycles. The van der Waals surface area contributed by atoms with Crippen LogP contribution in [0.15, 0.2) is 0 Å². The van der Waals surface area contributed by atoms with Gasteiger partial charge in [0, 0.05) is 12.8 Å². The molecule has 0 radical (unpaired) electrons. The van der Waals surface area contributed by atoms with E-state index in [1.807, 2.05) is 0 Å². The third kappa shape index (κ3) is 50.1. The van der Waals surface area contributed by atoms with Crippen LogP contribution in [0, 0.1) is 0 Å². The highest BCUT2D eigenvalue weighted by Crippen LogP contribution is 2.18. The zero-order valence-corrected chi connectivity index (χ0v) is 42.8. The number of carbonyl (C=O) groups excluding carboxylic acids is 2. The zero-order chi connectivity index (χ0) is 45.8. The number of ether oxygens (including phenoxy) is 1. The van der Waals surface area contributed by atoms with Crippen molar-refractivity contribution in [3.8, 4) is 0 Å². The highest BCUT2D eigenvalue weighted by atomic mass is 16.5. The van der Waals surface area contributed by atoms with Crippen LogP contribution in [0.4, 0.5) is 0 Å². The number of carbonyl (C=O) groups is 2. The average molecular weight is 893 g/mol. The van der Waals surface area contributed by atoms with Crippen LogP contribution >= 0.6 is 0 Å². The second kappa shape index (κ2) is 53.5. The van der Waals surface area contributed by atoms with Gasteiger partial charge >= 0.3 is 5.97 Å². The molecule has 0 fully saturated rings. The summed E-state index contributed by atoms with van der Waals surface area (Å²) in [6, 6.07) is -0.552. The molecule has 2 unspecified atom stereocenters. The van der Waals surface area contributed by atoms with Gasteiger partial charge in [0.15, 0.2) is 0 Å². The molecule has 0 aliphatic carbocycles. The lowest BCUT2D eigenvalue weighted by atomic mass is 10.0. The van der Waals surface area contributed by atoms with Gasteiger partial charge in [0.25, 0.3) is 0 Å². The summed E-state index contributed by atoms with van der Waals surface area (Å²) >= 11 is 0. The van der Waals surface area contributed by atoms with E-state index in [9.17, 15) is 19.8 Å². The summed E-state index contributed by atoms with van der Waals surface area (Å²) < 4.78 is 5.47. The van der Waals surface area contributed by atoms with Crippen molar-refractivity contribution >= 4 is 11.9 Å². The normalized spacial score (nSPS) is 12.5. The SMILES string of the molecule is CCCCCCCCCCCCCCCCCCCCCC(O)C(CO)NC(=O)CCCCCCCCCCCCCCOC(=O)CCCCCCCCCCCCCCCCC. The fraction of sp³-hybridized carbons (Fsp3) is 0.965. The van der Waals surface area contributed by atoms with E-state index in [0.29, 0.717) is 25.9 Å². The minimum absolute atomic E-state index is 0.00503. The van der Waals surface area contributed by atoms with Crippen molar-refractivity contribution in [3.63, 3.8) is 0 Å². The van der Waals surface area contributed by atoms with Gasteiger partial charge in [-0.25, -0.2) is 0 Å². The number of hydrogen-bond donors (Lipinski definition) is 3. The molecule has 0 aliphatic rings. The molecule has 0 rings (SSSR count). The van der Waals surface area contributed by atoms with Crippen LogP contribution in [0.25, 0.3) is 0 Å². The summed E-state index contributed by atoms with van der Waals surface area (Å²) in [5.74, 6) is -0.0515. The third-order valence-electron chi connectivity index (χ3n) is 13.7. The van der Waals surface area contributed by atoms with Crippen LogP contribution < -0.4 is 5.32 Å². The van der Waals surface area contributed by atoms with E-state index < -0.39 is 12.1 Å². The van der Waals surface area contributed by atoms with Crippen LogP contribution in [0.1, 0.15) is 328 Å². The molecule has 63 heavy (non-hydrogen) atoms. The van der Waals surface area contributed by atoms with Gasteiger partial charge in [-0.15, -0.1) is 0 Å². The largest absolute Gasteiger partial charge is 0.466 e. The Morgan fingerprint density at radius 2 is 0.651 bits per heavy atom. The van der Waals surface area contributed by atoms with Crippen LogP contribution in [0.5, 0.6) is 0 Å². The maximum Gasteiger partial charge on any atom is 0.305 e. The van der Waals surface area contributed by atoms with Gasteiger partial charge in [-0.05, 0) is 25.7 Å². The van der Waals surface area contributed by atoms with Gasteiger partial charge in [-0.1, -0.05) is 290 Å². The maximum absolute atomic E-state index is 12.5. The number of nitrogens with one attached hydrogen (secondary N) is 1. The first-order valence-corrected chi connectivity index (χ1v) is 28.8. The highest BCUT2D eigenvalue weighted by molar-refractivity contribution is 5.76. The van der Waals surface area contributed by atoms with Crippen molar-refractivity contribution in [1.82, 2.24) is 5.32 Å². The van der Waals surface area contributed by atoms with Crippen LogP contribution in [0.2, 0.25) is 0 Å². The monoisotopic (exact) mass is 892 g/mol. The first kappa shape index (κ1) is 61.9. The molecule has 0 spiro atoms. The van der Waals surface area contributed by atoms with Gasteiger partial charge < -0.3 is 20.3 Å². The van der Waals surface area contributed by atoms with E-state index in [1.54, 1.807) is 0 Å². The van der Waals surface area contributed by atoms with Gasteiger partial charge in [-0.3, -0.25) is 9.59 Å². The van der Waals surface area contributed by atoms with E-state index in [2.05, 4.69) is 19.2 Å². The second-order valence-corrected chi connectivity index (χ2v) is 20.0. The van der Waals surface area contributed by atoms with Crippen LogP contribution in [-0.2, 0) is 14.3 Å². The molecule has 0 heterocycles. The van der Waals surface area contributed by atoms with E-state index in [0.717, 1.165) is 57.8 Å². The Morgan fingerprint density at radius 3 is 0.968 bits per heavy atom. The Morgan fingerprint density at radius 1 is 0.381 bits per heavy atom. The van der Waals surface area contributed by atoms with Crippen molar-refractivity contribution < 1.29 is 24.5 Å². The Hall–Kier alpha value is -1.14. The molecule has 0 bridgehead atoms. The van der Waals surface area contributed by atoms with Gasteiger partial charge in [-0.2, -0.15) is 0 Å². The molecule has 0 aromatic rings. The molecule has 0 saturated heterocycles. The van der Waals surface area contributed by atoms with Crippen molar-refractivity contribution in [2.24, 2.45) is 0 Å². The summed E-state index contributed by atoms with van der Waals surface area (Å²) in [6.07, 6.45) is 60.8. The fourth-order valence-corrected chi connectivity index (χ4v) is 9.23. The molecule has 0 saturated carbocycles. The van der Waals surface area contributed by atoms with E-state index in [1.165, 1.54) is 238 Å². The van der Waals surface area contributed by atoms with E-state index >= 15 is 0 Å². The Balaban J connectivity index is 3.43. The number of amides is 1. The van der Waals surface area contributed by atoms with Crippen molar-refractivity contribution in [2.75, 3.05) is 13.2 Å². The Labute approximate surface area is 394 Å². The molecule has 6 nitrogen and oxygen atoms in total. The van der Waals surface area contributed by atoms with E-state index in [4.69, 9.17) is 4.74 Å². The molecular formula is C57H113NO5. The average Bonchev–Trinajstić information content (AvgIpc) is 3.28. The molecule has 6 heteroatoms. The minimum atomic E-state index is -0.673. The summed E-state index contributed by atoms with van der Waals surface area (Å²) in [7, 11) is 0. The van der Waals surface area contributed by atoms with Crippen molar-refractivity contribution in [3.05, 3.63) is 0 Å². The highest BCUT2D eigenvalue weighted by Gasteiger charge is 2.20. The maximum atomic E-state index is 12.5. The number of aliphatic hydroxyl groups is 2. The number of aliphatic hydroxyl groups excluding tert-OH is 2. The van der Waals surface area contributed by atoms with Crippen LogP contribution in [0.3, 0.4) is 0 Å². The molecule has 376 valence electrons. The third-order valence-corrected chi connectivity index (χ3v) is 13.7. The first-order valence-electron chi connectivity index (χ1n) is 28.8. The molecule has 0 aromatic carbocycles. The number of rotatable bonds is 54. The molecule has 1 amide bonds. The predicted molar refractivity (Wildman–Crippen MR) is 274 cm³/mol. The molecule has 0 aliphatic heterocycles. The van der Waals surface area contributed by atoms with Gasteiger partial charge in [0.1, 0.15) is 0 Å². The topological polar surface area (TPSA) is 95.9 Å². The number of hydrogen-bond acceptors (Lipinski definition) is 5. The predicted octanol–water partition coefficient (Wildman–Crippen LogP) is 17.5. The Kier molecular flexibility index (Phi) is 52.5. The molecule has 3 N–H and O–H groups in total. The van der Waals surface area contributed by atoms with Crippen molar-refractivity contribution in [2.45, 2.75) is 341 Å². The molecule has 2 atom stereocenters. The van der Waals surface area contributed by atoms with Gasteiger partial charge in [0.2, 0.25) is 5.91 Å². The minimum Gasteiger partial charge on any atom is -0.466 e. The quantitative estimate of drug-likeness (QED) is 0.0418. The van der Waals surface area contributed by atoms with Gasteiger partial charge in [0.05, 0.1) is 25.4 Å². The second-order valence-electron chi connectivity index (χ2n) is 20.0. The summed E-state index contributed by atoms with van der Waals surface area (Å²) in [5, 5.41) is 23.3. The lowest BCUT2D eigenvalue weighted by Gasteiger charge is -2.22. The lowest BCUT2D eigenvalue weighted by Crippen LogP contribution is -2.45. The summed E-state index contributed by atoms with van der Waals surface area (Å²) in [4.78, 5) is 24.5. The lowest BCUT2D eigenvalue weighted by molar-refractivity contribution is -0.143. The Bertz CT molecular complexity index is 898. The first-order chi connectivity index (χ1) is 31.0. The summed E-state index contributed by atoms with van der Waals surface area (Å²) in [5.41, 5.74) is 0. The van der Waals surface area contributed by atoms with Crippen LogP contribution in [-0.4, -0.2) is 47.4 Å². The molecular weight excluding hydrogens is 779 g/mol. The zero-order valence-electron chi connectivity index (χ0n) is 42.8. The standard InChI is InChI=1S/C57H113NO5/c1-3-5-7-9-11-13-15-17-19-20-21-22-24-25-29-33-37-41-45-49-55(60)54(53-59)58-56(61)50-46-42-38-34-30-27-28-32-36-40-44-48-52-63-57(62)51-47-43-39-35-31-26-23-18-16-14-12-10-8-6-4-2/h54-55,59-60H,3-53H2,1-2H3,(H,58,61). The fourth-order valence-electron chi connectivity index (χ4n) is 9.23. The number of esters is 1. The van der Waals surface area contributed by atoms with E-state index in [-0.39, 0.29) is 18.5 Å². The van der Waals surface area contributed by atoms with Crippen molar-refractivity contribution in [1.29, 1.82) is 0 Å². The summed E-state index contributed by atoms with van der Waals surface area (Å²) in [6.45, 7) is 4.95. The number of unbranched alkanes of at least 4 members (excludes halogenated alkanes) is 43. The smallest absolute Gasteiger partial charge is 0.305 e.